The molecule has 0 bridgehead atoms. The van der Waals surface area contributed by atoms with Crippen LogP contribution in [0.25, 0.3) is 0 Å². The molecule has 1 N–H and O–H groups in total. The molecule has 2 fully saturated rings. The Kier molecular flexibility index (Phi) is 5.77. The summed E-state index contributed by atoms with van der Waals surface area (Å²) >= 11 is 0. The predicted molar refractivity (Wildman–Crippen MR) is 110 cm³/mol. The minimum atomic E-state index is -3.35. The third-order valence-electron chi connectivity index (χ3n) is 5.43. The summed E-state index contributed by atoms with van der Waals surface area (Å²) in [5.41, 5.74) is 1.01. The van der Waals surface area contributed by atoms with Gasteiger partial charge in [0.05, 0.1) is 4.90 Å². The van der Waals surface area contributed by atoms with Crippen LogP contribution in [0.3, 0.4) is 0 Å². The van der Waals surface area contributed by atoms with Crippen molar-refractivity contribution < 1.29 is 8.42 Å². The molecule has 1 aromatic heterocycles. The van der Waals surface area contributed by atoms with Gasteiger partial charge < -0.3 is 10.2 Å². The first-order chi connectivity index (χ1) is 13.6. The highest BCUT2D eigenvalue weighted by Gasteiger charge is 2.26. The maximum atomic E-state index is 12.6. The third-order valence-corrected chi connectivity index (χ3v) is 7.35. The number of piperidine rings is 1. The Morgan fingerprint density at radius 2 is 1.57 bits per heavy atom. The molecule has 0 amide bonds. The number of aromatic nitrogens is 2. The molecular formula is C20H27N5O2S. The summed E-state index contributed by atoms with van der Waals surface area (Å²) in [5.74, 6) is 1.74. The van der Waals surface area contributed by atoms with E-state index in [9.17, 15) is 8.42 Å². The van der Waals surface area contributed by atoms with Crippen molar-refractivity contribution in [2.45, 2.75) is 43.5 Å². The summed E-state index contributed by atoms with van der Waals surface area (Å²) < 4.78 is 26.8. The van der Waals surface area contributed by atoms with Gasteiger partial charge in [0.2, 0.25) is 10.0 Å². The highest BCUT2D eigenvalue weighted by Crippen LogP contribution is 2.22. The Hall–Kier alpha value is -2.19. The Bertz CT molecular complexity index is 889. The molecule has 7 nitrogen and oxygen atoms in total. The highest BCUT2D eigenvalue weighted by molar-refractivity contribution is 7.89. The van der Waals surface area contributed by atoms with E-state index in [1.165, 1.54) is 19.3 Å². The van der Waals surface area contributed by atoms with Crippen molar-refractivity contribution in [3.8, 4) is 0 Å². The highest BCUT2D eigenvalue weighted by atomic mass is 32.2. The van der Waals surface area contributed by atoms with E-state index in [1.54, 1.807) is 22.8 Å². The number of rotatable bonds is 6. The van der Waals surface area contributed by atoms with E-state index < -0.39 is 10.0 Å². The Morgan fingerprint density at radius 1 is 0.893 bits per heavy atom. The fraction of sp³-hybridized carbons (Fsp3) is 0.500. The lowest BCUT2D eigenvalue weighted by Gasteiger charge is -2.27. The van der Waals surface area contributed by atoms with Gasteiger partial charge in [-0.15, -0.1) is 0 Å². The van der Waals surface area contributed by atoms with Crippen molar-refractivity contribution in [3.63, 3.8) is 0 Å². The number of sulfonamides is 1. The molecule has 1 aromatic carbocycles. The molecule has 4 rings (SSSR count). The monoisotopic (exact) mass is 401 g/mol. The van der Waals surface area contributed by atoms with Crippen LogP contribution in [0, 0.1) is 0 Å². The molecule has 0 atom stereocenters. The summed E-state index contributed by atoms with van der Waals surface area (Å²) in [6.07, 6.45) is 7.19. The second-order valence-corrected chi connectivity index (χ2v) is 9.36. The van der Waals surface area contributed by atoms with Crippen molar-refractivity contribution in [2.24, 2.45) is 0 Å². The van der Waals surface area contributed by atoms with E-state index in [0.717, 1.165) is 43.1 Å². The van der Waals surface area contributed by atoms with E-state index in [4.69, 9.17) is 0 Å². The molecular weight excluding hydrogens is 374 g/mol. The maximum Gasteiger partial charge on any atom is 0.243 e. The summed E-state index contributed by atoms with van der Waals surface area (Å²) in [7, 11) is -3.35. The van der Waals surface area contributed by atoms with Crippen LogP contribution in [0.15, 0.2) is 41.6 Å². The van der Waals surface area contributed by atoms with Crippen LogP contribution in [0.2, 0.25) is 0 Å². The second-order valence-electron chi connectivity index (χ2n) is 7.42. The van der Waals surface area contributed by atoms with Gasteiger partial charge in [0.1, 0.15) is 18.0 Å². The lowest BCUT2D eigenvalue weighted by Crippen LogP contribution is -2.30. The van der Waals surface area contributed by atoms with Crippen molar-refractivity contribution in [1.82, 2.24) is 14.3 Å². The molecule has 2 aromatic rings. The third kappa shape index (κ3) is 4.28. The predicted octanol–water partition coefficient (Wildman–Crippen LogP) is 2.86. The molecule has 2 saturated heterocycles. The van der Waals surface area contributed by atoms with Gasteiger partial charge in [-0.25, -0.2) is 18.4 Å². The first kappa shape index (κ1) is 19.1. The van der Waals surface area contributed by atoms with Crippen LogP contribution in [0.1, 0.15) is 37.7 Å². The van der Waals surface area contributed by atoms with Crippen LogP contribution in [-0.2, 0) is 16.6 Å². The normalized spacial score (nSPS) is 18.4. The molecule has 3 heterocycles. The quantitative estimate of drug-likeness (QED) is 0.802. The number of benzene rings is 1. The van der Waals surface area contributed by atoms with Gasteiger partial charge in [0.15, 0.2) is 0 Å². The molecule has 28 heavy (non-hydrogen) atoms. The molecule has 0 aliphatic carbocycles. The van der Waals surface area contributed by atoms with Crippen molar-refractivity contribution in [1.29, 1.82) is 0 Å². The van der Waals surface area contributed by atoms with E-state index in [1.807, 2.05) is 18.2 Å². The average Bonchev–Trinajstić information content (AvgIpc) is 3.29. The SMILES string of the molecule is O=S(=O)(c1ccc(CNc2cc(N3CCCCC3)ncn2)cc1)N1CCCC1. The van der Waals surface area contributed by atoms with Crippen LogP contribution in [-0.4, -0.2) is 48.9 Å². The molecule has 0 spiro atoms. The number of anilines is 2. The van der Waals surface area contributed by atoms with Crippen LogP contribution >= 0.6 is 0 Å². The van der Waals surface area contributed by atoms with Gasteiger partial charge in [-0.3, -0.25) is 0 Å². The van der Waals surface area contributed by atoms with E-state index in [0.29, 0.717) is 24.5 Å². The summed E-state index contributed by atoms with van der Waals surface area (Å²) in [4.78, 5) is 11.4. The first-order valence-corrected chi connectivity index (χ1v) is 11.5. The molecule has 0 unspecified atom stereocenters. The minimum absolute atomic E-state index is 0.368. The fourth-order valence-corrected chi connectivity index (χ4v) is 5.31. The van der Waals surface area contributed by atoms with Gasteiger partial charge in [0, 0.05) is 38.8 Å². The van der Waals surface area contributed by atoms with Gasteiger partial charge in [-0.1, -0.05) is 12.1 Å². The van der Waals surface area contributed by atoms with Gasteiger partial charge in [-0.05, 0) is 49.8 Å². The zero-order valence-corrected chi connectivity index (χ0v) is 16.9. The lowest BCUT2D eigenvalue weighted by atomic mass is 10.1. The standard InChI is InChI=1S/C20H27N5O2S/c26-28(27,25-12-4-5-13-25)18-8-6-17(7-9-18)15-21-19-14-20(23-16-22-19)24-10-2-1-3-11-24/h6-9,14,16H,1-5,10-13,15H2,(H,21,22,23). The first-order valence-electron chi connectivity index (χ1n) is 10.0. The number of nitrogens with one attached hydrogen (secondary N) is 1. The molecule has 2 aliphatic rings. The van der Waals surface area contributed by atoms with Crippen LogP contribution in [0.5, 0.6) is 0 Å². The van der Waals surface area contributed by atoms with Crippen molar-refractivity contribution >= 4 is 21.7 Å². The Balaban J connectivity index is 1.39. The Labute approximate surface area is 166 Å². The van der Waals surface area contributed by atoms with Crippen LogP contribution < -0.4 is 10.2 Å². The van der Waals surface area contributed by atoms with Crippen molar-refractivity contribution in [2.75, 3.05) is 36.4 Å². The summed E-state index contributed by atoms with van der Waals surface area (Å²) in [6.45, 7) is 3.92. The largest absolute Gasteiger partial charge is 0.366 e. The summed E-state index contributed by atoms with van der Waals surface area (Å²) in [6, 6.07) is 9.11. The zero-order chi connectivity index (χ0) is 19.4. The van der Waals surface area contributed by atoms with Crippen LogP contribution in [0.4, 0.5) is 11.6 Å². The maximum absolute atomic E-state index is 12.6. The van der Waals surface area contributed by atoms with E-state index >= 15 is 0 Å². The topological polar surface area (TPSA) is 78.4 Å². The van der Waals surface area contributed by atoms with Gasteiger partial charge >= 0.3 is 0 Å². The van der Waals surface area contributed by atoms with E-state index in [2.05, 4.69) is 20.2 Å². The molecule has 0 radical (unpaired) electrons. The Morgan fingerprint density at radius 3 is 2.29 bits per heavy atom. The minimum Gasteiger partial charge on any atom is -0.366 e. The van der Waals surface area contributed by atoms with Crippen molar-refractivity contribution in [3.05, 3.63) is 42.2 Å². The smallest absolute Gasteiger partial charge is 0.243 e. The second kappa shape index (κ2) is 8.45. The number of hydrogen-bond donors (Lipinski definition) is 1. The molecule has 0 saturated carbocycles. The zero-order valence-electron chi connectivity index (χ0n) is 16.0. The lowest BCUT2D eigenvalue weighted by molar-refractivity contribution is 0.477. The molecule has 8 heteroatoms. The molecule has 150 valence electrons. The molecule has 2 aliphatic heterocycles. The van der Waals surface area contributed by atoms with Gasteiger partial charge in [-0.2, -0.15) is 4.31 Å². The fourth-order valence-electron chi connectivity index (χ4n) is 3.79. The number of hydrogen-bond acceptors (Lipinski definition) is 6. The summed E-state index contributed by atoms with van der Waals surface area (Å²) in [5, 5.41) is 3.32. The van der Waals surface area contributed by atoms with E-state index in [-0.39, 0.29) is 0 Å². The average molecular weight is 402 g/mol. The van der Waals surface area contributed by atoms with Gasteiger partial charge in [0.25, 0.3) is 0 Å². The number of nitrogens with zero attached hydrogens (tertiary/aromatic N) is 4.